The monoisotopic (exact) mass is 235 g/mol. The average molecular weight is 235 g/mol. The van der Waals surface area contributed by atoms with Gasteiger partial charge in [0.25, 0.3) is 0 Å². The van der Waals surface area contributed by atoms with Gasteiger partial charge in [-0.15, -0.1) is 11.3 Å². The van der Waals surface area contributed by atoms with Crippen molar-refractivity contribution in [1.82, 2.24) is 9.97 Å². The number of nitrogens with zero attached hydrogens (tertiary/aromatic N) is 2. The summed E-state index contributed by atoms with van der Waals surface area (Å²) in [6.45, 7) is 2.84. The molecule has 0 fully saturated rings. The number of aromatic nitrogens is 2. The van der Waals surface area contributed by atoms with Crippen molar-refractivity contribution in [2.75, 3.05) is 10.7 Å². The zero-order valence-corrected chi connectivity index (χ0v) is 9.71. The van der Waals surface area contributed by atoms with Crippen molar-refractivity contribution in [3.8, 4) is 0 Å². The summed E-state index contributed by atoms with van der Waals surface area (Å²) in [6, 6.07) is 4.21. The highest BCUT2D eigenvalue weighted by atomic mass is 32.1. The average Bonchev–Trinajstić information content (AvgIpc) is 2.73. The van der Waals surface area contributed by atoms with Crippen LogP contribution in [0.4, 0.5) is 11.6 Å². The molecule has 0 bridgehead atoms. The highest BCUT2D eigenvalue weighted by Crippen LogP contribution is 2.16. The van der Waals surface area contributed by atoms with Gasteiger partial charge >= 0.3 is 0 Å². The topological polar surface area (TPSA) is 75.9 Å². The van der Waals surface area contributed by atoms with E-state index in [1.807, 2.05) is 0 Å². The number of thiophene rings is 1. The lowest BCUT2D eigenvalue weighted by molar-refractivity contribution is 1.09. The minimum atomic E-state index is 0.548. The van der Waals surface area contributed by atoms with E-state index in [-0.39, 0.29) is 0 Å². The Morgan fingerprint density at radius 1 is 1.31 bits per heavy atom. The maximum Gasteiger partial charge on any atom is 0.160 e. The number of nitrogens with two attached hydrogens (primary N) is 1. The van der Waals surface area contributed by atoms with Gasteiger partial charge < -0.3 is 10.7 Å². The van der Waals surface area contributed by atoms with E-state index < -0.39 is 0 Å². The van der Waals surface area contributed by atoms with Crippen molar-refractivity contribution in [2.45, 2.75) is 13.5 Å². The molecule has 16 heavy (non-hydrogen) atoms. The summed E-state index contributed by atoms with van der Waals surface area (Å²) in [5.41, 5.74) is 2.46. The first-order valence-corrected chi connectivity index (χ1v) is 5.67. The number of anilines is 2. The summed E-state index contributed by atoms with van der Waals surface area (Å²) >= 11 is 1.77. The molecule has 0 aliphatic carbocycles. The molecule has 0 atom stereocenters. The molecule has 84 valence electrons. The molecule has 2 aromatic rings. The van der Waals surface area contributed by atoms with Crippen LogP contribution in [0, 0.1) is 6.92 Å². The number of nitrogens with one attached hydrogen (secondary N) is 2. The first-order chi connectivity index (χ1) is 7.78. The molecule has 0 radical (unpaired) electrons. The summed E-state index contributed by atoms with van der Waals surface area (Å²) in [7, 11) is 0. The molecule has 0 saturated heterocycles. The third-order valence-corrected chi connectivity index (χ3v) is 3.02. The minimum Gasteiger partial charge on any atom is -0.364 e. The summed E-state index contributed by atoms with van der Waals surface area (Å²) in [5, 5.41) is 3.19. The second-order valence-corrected chi connectivity index (χ2v) is 4.67. The van der Waals surface area contributed by atoms with Crippen LogP contribution in [0.1, 0.15) is 9.75 Å². The standard InChI is InChI=1S/C10H13N5S/c1-7-2-3-8(16-7)4-13-9-5-12-6-10(14-9)15-11/h2-3,5-6H,4,11H2,1H3,(H2,13,14,15). The number of hydrogen-bond donors (Lipinski definition) is 3. The minimum absolute atomic E-state index is 0.548. The van der Waals surface area contributed by atoms with Crippen molar-refractivity contribution in [2.24, 2.45) is 5.84 Å². The van der Waals surface area contributed by atoms with Crippen molar-refractivity contribution in [3.63, 3.8) is 0 Å². The second kappa shape index (κ2) is 4.91. The van der Waals surface area contributed by atoms with Crippen LogP contribution in [-0.2, 0) is 6.54 Å². The number of hydrogen-bond acceptors (Lipinski definition) is 6. The van der Waals surface area contributed by atoms with Gasteiger partial charge in [-0.1, -0.05) is 0 Å². The molecule has 0 spiro atoms. The fourth-order valence-corrected chi connectivity index (χ4v) is 2.11. The van der Waals surface area contributed by atoms with Crippen molar-refractivity contribution in [3.05, 3.63) is 34.3 Å². The van der Waals surface area contributed by atoms with Gasteiger partial charge in [0.1, 0.15) is 5.82 Å². The van der Waals surface area contributed by atoms with Crippen molar-refractivity contribution < 1.29 is 0 Å². The Hall–Kier alpha value is -1.66. The fourth-order valence-electron chi connectivity index (χ4n) is 1.28. The van der Waals surface area contributed by atoms with Gasteiger partial charge in [0, 0.05) is 9.75 Å². The van der Waals surface area contributed by atoms with Crippen molar-refractivity contribution in [1.29, 1.82) is 0 Å². The Kier molecular flexibility index (Phi) is 3.33. The number of rotatable bonds is 4. The van der Waals surface area contributed by atoms with Crippen LogP contribution in [0.15, 0.2) is 24.5 Å². The Bertz CT molecular complexity index is 468. The Balaban J connectivity index is 1.99. The van der Waals surface area contributed by atoms with Gasteiger partial charge in [0.05, 0.1) is 18.9 Å². The molecule has 2 aromatic heterocycles. The van der Waals surface area contributed by atoms with E-state index in [9.17, 15) is 0 Å². The van der Waals surface area contributed by atoms with Crippen LogP contribution in [0.3, 0.4) is 0 Å². The normalized spacial score (nSPS) is 10.1. The molecule has 0 amide bonds. The Labute approximate surface area is 97.7 Å². The van der Waals surface area contributed by atoms with Gasteiger partial charge in [-0.2, -0.15) is 0 Å². The zero-order chi connectivity index (χ0) is 11.4. The molecule has 5 nitrogen and oxygen atoms in total. The van der Waals surface area contributed by atoms with Crippen LogP contribution < -0.4 is 16.6 Å². The lowest BCUT2D eigenvalue weighted by atomic mass is 10.4. The summed E-state index contributed by atoms with van der Waals surface area (Å²) in [5.74, 6) is 6.51. The highest BCUT2D eigenvalue weighted by molar-refractivity contribution is 7.11. The van der Waals surface area contributed by atoms with E-state index in [2.05, 4.69) is 39.8 Å². The van der Waals surface area contributed by atoms with Gasteiger partial charge in [-0.3, -0.25) is 4.98 Å². The molecular formula is C10H13N5S. The van der Waals surface area contributed by atoms with E-state index in [0.717, 1.165) is 6.54 Å². The van der Waals surface area contributed by atoms with Gasteiger partial charge in [0.2, 0.25) is 0 Å². The molecule has 4 N–H and O–H groups in total. The van der Waals surface area contributed by atoms with Gasteiger partial charge in [-0.05, 0) is 19.1 Å². The van der Waals surface area contributed by atoms with Crippen LogP contribution in [0.25, 0.3) is 0 Å². The first-order valence-electron chi connectivity index (χ1n) is 4.86. The predicted molar refractivity (Wildman–Crippen MR) is 66.2 cm³/mol. The number of nitrogen functional groups attached to an aromatic ring is 1. The predicted octanol–water partition coefficient (Wildman–Crippen LogP) is 1.74. The van der Waals surface area contributed by atoms with Crippen LogP contribution in [-0.4, -0.2) is 9.97 Å². The SMILES string of the molecule is Cc1ccc(CNc2cncc(NN)n2)s1. The molecular weight excluding hydrogens is 222 g/mol. The van der Waals surface area contributed by atoms with E-state index in [1.165, 1.54) is 9.75 Å². The van der Waals surface area contributed by atoms with Crippen molar-refractivity contribution >= 4 is 23.0 Å². The van der Waals surface area contributed by atoms with E-state index >= 15 is 0 Å². The van der Waals surface area contributed by atoms with Crippen LogP contribution in [0.2, 0.25) is 0 Å². The third-order valence-electron chi connectivity index (χ3n) is 2.02. The molecule has 0 aliphatic heterocycles. The molecule has 6 heteroatoms. The maximum atomic E-state index is 5.25. The van der Waals surface area contributed by atoms with Crippen LogP contribution >= 0.6 is 11.3 Å². The maximum absolute atomic E-state index is 5.25. The smallest absolute Gasteiger partial charge is 0.160 e. The molecule has 0 unspecified atom stereocenters. The summed E-state index contributed by atoms with van der Waals surface area (Å²) in [4.78, 5) is 10.8. The zero-order valence-electron chi connectivity index (χ0n) is 8.90. The van der Waals surface area contributed by atoms with Gasteiger partial charge in [-0.25, -0.2) is 10.8 Å². The summed E-state index contributed by atoms with van der Waals surface area (Å²) < 4.78 is 0. The van der Waals surface area contributed by atoms with Crippen LogP contribution in [0.5, 0.6) is 0 Å². The second-order valence-electron chi connectivity index (χ2n) is 3.30. The molecule has 0 aliphatic rings. The fraction of sp³-hybridized carbons (Fsp3) is 0.200. The van der Waals surface area contributed by atoms with E-state index in [0.29, 0.717) is 11.6 Å². The summed E-state index contributed by atoms with van der Waals surface area (Å²) in [6.07, 6.45) is 3.24. The molecule has 2 rings (SSSR count). The molecule has 0 aromatic carbocycles. The largest absolute Gasteiger partial charge is 0.364 e. The molecule has 0 saturated carbocycles. The Morgan fingerprint density at radius 2 is 2.12 bits per heavy atom. The highest BCUT2D eigenvalue weighted by Gasteiger charge is 1.99. The lowest BCUT2D eigenvalue weighted by Crippen LogP contribution is -2.10. The molecule has 2 heterocycles. The number of aryl methyl sites for hydroxylation is 1. The Morgan fingerprint density at radius 3 is 2.81 bits per heavy atom. The third kappa shape index (κ3) is 2.68. The van der Waals surface area contributed by atoms with Gasteiger partial charge in [0.15, 0.2) is 5.82 Å². The quantitative estimate of drug-likeness (QED) is 0.556. The van der Waals surface area contributed by atoms with E-state index in [4.69, 9.17) is 5.84 Å². The van der Waals surface area contributed by atoms with E-state index in [1.54, 1.807) is 23.7 Å². The lowest BCUT2D eigenvalue weighted by Gasteiger charge is -2.04. The first kappa shape index (κ1) is 10.8. The number of hydrazine groups is 1.